The Kier molecular flexibility index (Phi) is 8.83. The number of benzene rings is 3. The average Bonchev–Trinajstić information content (AvgIpc) is 3.28. The van der Waals surface area contributed by atoms with Gasteiger partial charge in [-0.3, -0.25) is 4.79 Å². The molecule has 3 aromatic carbocycles. The quantitative estimate of drug-likeness (QED) is 0.355. The number of carbonyl (C=O) groups excluding carboxylic acids is 1. The van der Waals surface area contributed by atoms with Crippen molar-refractivity contribution in [3.8, 4) is 5.75 Å². The van der Waals surface area contributed by atoms with Gasteiger partial charge in [0.25, 0.3) is 5.91 Å². The van der Waals surface area contributed by atoms with Gasteiger partial charge in [0.05, 0.1) is 28.3 Å². The summed E-state index contributed by atoms with van der Waals surface area (Å²) in [5.41, 5.74) is 2.01. The van der Waals surface area contributed by atoms with Crippen LogP contribution in [-0.2, 0) is 16.4 Å². The molecule has 44 heavy (non-hydrogen) atoms. The molecule has 3 aliphatic heterocycles. The van der Waals surface area contributed by atoms with Crippen molar-refractivity contribution in [2.45, 2.75) is 36.2 Å². The number of rotatable bonds is 8. The summed E-state index contributed by atoms with van der Waals surface area (Å²) in [7, 11) is -2.19. The molecule has 12 heteroatoms. The minimum Gasteiger partial charge on any atom is -0.495 e. The highest BCUT2D eigenvalue weighted by atomic mass is 35.5. The molecule has 2 bridgehead atoms. The lowest BCUT2D eigenvalue weighted by molar-refractivity contribution is 0.0718. The summed E-state index contributed by atoms with van der Waals surface area (Å²) in [5, 5.41) is 0.0815. The Morgan fingerprint density at radius 1 is 0.909 bits per heavy atom. The highest BCUT2D eigenvalue weighted by molar-refractivity contribution is 7.89. The molecule has 0 spiro atoms. The van der Waals surface area contributed by atoms with Crippen LogP contribution < -0.4 is 9.64 Å². The van der Waals surface area contributed by atoms with Gasteiger partial charge in [-0.25, -0.2) is 17.2 Å². The average molecular weight is 645 g/mol. The monoisotopic (exact) mass is 644 g/mol. The molecule has 3 fully saturated rings. The van der Waals surface area contributed by atoms with Crippen LogP contribution in [0.2, 0.25) is 5.02 Å². The predicted molar refractivity (Wildman–Crippen MR) is 165 cm³/mol. The fraction of sp³-hybridized carbons (Fsp3) is 0.406. The minimum absolute atomic E-state index is 0.0339. The van der Waals surface area contributed by atoms with Crippen LogP contribution in [0.5, 0.6) is 5.75 Å². The molecule has 3 aliphatic rings. The summed E-state index contributed by atoms with van der Waals surface area (Å²) >= 11 is 6.18. The number of piperazine rings is 2. The van der Waals surface area contributed by atoms with Crippen molar-refractivity contribution in [2.24, 2.45) is 0 Å². The summed E-state index contributed by atoms with van der Waals surface area (Å²) in [6, 6.07) is 15.2. The molecule has 8 nitrogen and oxygen atoms in total. The fourth-order valence-electron chi connectivity index (χ4n) is 6.61. The molecular formula is C32H35ClF2N4O4S. The first-order chi connectivity index (χ1) is 21.1. The molecule has 0 radical (unpaired) electrons. The Morgan fingerprint density at radius 3 is 2.20 bits per heavy atom. The van der Waals surface area contributed by atoms with Gasteiger partial charge >= 0.3 is 0 Å². The van der Waals surface area contributed by atoms with Crippen molar-refractivity contribution in [1.29, 1.82) is 0 Å². The number of carbonyl (C=O) groups is 1. The van der Waals surface area contributed by atoms with Gasteiger partial charge in [-0.05, 0) is 73.4 Å². The van der Waals surface area contributed by atoms with Crippen molar-refractivity contribution < 1.29 is 26.7 Å². The lowest BCUT2D eigenvalue weighted by Gasteiger charge is -2.43. The van der Waals surface area contributed by atoms with E-state index in [9.17, 15) is 22.0 Å². The summed E-state index contributed by atoms with van der Waals surface area (Å²) < 4.78 is 61.6. The molecule has 0 aromatic heterocycles. The maximum absolute atomic E-state index is 13.8. The van der Waals surface area contributed by atoms with E-state index in [0.717, 1.165) is 37.4 Å². The van der Waals surface area contributed by atoms with E-state index in [1.807, 2.05) is 0 Å². The second-order valence-corrected chi connectivity index (χ2v) is 13.9. The van der Waals surface area contributed by atoms with E-state index < -0.39 is 15.8 Å². The number of methoxy groups -OCH3 is 1. The highest BCUT2D eigenvalue weighted by Crippen LogP contribution is 2.41. The highest BCUT2D eigenvalue weighted by Gasteiger charge is 2.43. The number of likely N-dealkylation sites (tertiary alicyclic amines) is 1. The minimum atomic E-state index is -3.75. The van der Waals surface area contributed by atoms with Gasteiger partial charge in [0, 0.05) is 57.9 Å². The molecule has 2 atom stereocenters. The number of sulfonamides is 1. The van der Waals surface area contributed by atoms with Gasteiger partial charge in [-0.2, -0.15) is 4.31 Å². The van der Waals surface area contributed by atoms with Gasteiger partial charge in [0.15, 0.2) is 0 Å². The molecular weight excluding hydrogens is 610 g/mol. The van der Waals surface area contributed by atoms with E-state index in [0.29, 0.717) is 50.7 Å². The number of ether oxygens (including phenoxy) is 1. The number of hydrogen-bond donors (Lipinski definition) is 0. The molecule has 0 N–H and O–H groups in total. The number of nitrogens with zero attached hydrogens (tertiary/aromatic N) is 4. The second kappa shape index (κ2) is 12.6. The van der Waals surface area contributed by atoms with E-state index in [1.165, 1.54) is 28.6 Å². The molecule has 234 valence electrons. The summed E-state index contributed by atoms with van der Waals surface area (Å²) in [4.78, 5) is 19.7. The number of hydrogen-bond acceptors (Lipinski definition) is 6. The number of anilines is 1. The summed E-state index contributed by atoms with van der Waals surface area (Å²) in [6.07, 6.45) is 2.45. The lowest BCUT2D eigenvalue weighted by Crippen LogP contribution is -2.55. The van der Waals surface area contributed by atoms with Crippen molar-refractivity contribution in [3.05, 3.63) is 88.4 Å². The second-order valence-electron chi connectivity index (χ2n) is 11.6. The van der Waals surface area contributed by atoms with Crippen molar-refractivity contribution in [2.75, 3.05) is 57.8 Å². The Bertz CT molecular complexity index is 1620. The standard InChI is InChI=1S/C32H35ClF2N4O4S/c1-43-31-11-9-27(44(41,42)38-16-14-36(15-17-38)13-12-22-2-4-23(34)5-3-22)19-30(31)39-25-7-8-26(39)21-37(20-25)32(40)28-10-6-24(35)18-29(28)33/h2-6,9-11,18-19,25-26H,7-8,12-17,20-21H2,1H3/t25-,26+. The van der Waals surface area contributed by atoms with Gasteiger partial charge < -0.3 is 19.4 Å². The zero-order chi connectivity index (χ0) is 31.0. The van der Waals surface area contributed by atoms with Crippen LogP contribution in [0.4, 0.5) is 14.5 Å². The van der Waals surface area contributed by atoms with Gasteiger partial charge in [0.2, 0.25) is 10.0 Å². The Labute approximate surface area is 261 Å². The number of halogens is 3. The van der Waals surface area contributed by atoms with E-state index in [-0.39, 0.29) is 39.3 Å². The van der Waals surface area contributed by atoms with E-state index >= 15 is 0 Å². The first kappa shape index (κ1) is 30.8. The van der Waals surface area contributed by atoms with E-state index in [2.05, 4.69) is 9.80 Å². The molecule has 3 saturated heterocycles. The zero-order valence-electron chi connectivity index (χ0n) is 24.5. The van der Waals surface area contributed by atoms with Crippen LogP contribution in [0.25, 0.3) is 0 Å². The maximum Gasteiger partial charge on any atom is 0.255 e. The molecule has 3 heterocycles. The third kappa shape index (κ3) is 6.15. The molecule has 0 aliphatic carbocycles. The van der Waals surface area contributed by atoms with Crippen molar-refractivity contribution >= 4 is 33.2 Å². The van der Waals surface area contributed by atoms with Crippen LogP contribution in [0.3, 0.4) is 0 Å². The van der Waals surface area contributed by atoms with Crippen molar-refractivity contribution in [3.63, 3.8) is 0 Å². The SMILES string of the molecule is COc1ccc(S(=O)(=O)N2CCN(CCc3ccc(F)cc3)CC2)cc1N1[C@@H]2CC[C@H]1CN(C(=O)c1ccc(F)cc1Cl)C2. The molecule has 0 saturated carbocycles. The molecule has 0 unspecified atom stereocenters. The van der Waals surface area contributed by atoms with E-state index in [1.54, 1.807) is 42.3 Å². The van der Waals surface area contributed by atoms with E-state index in [4.69, 9.17) is 16.3 Å². The zero-order valence-corrected chi connectivity index (χ0v) is 26.0. The maximum atomic E-state index is 13.8. The molecule has 6 rings (SSSR count). The van der Waals surface area contributed by atoms with Gasteiger partial charge in [-0.15, -0.1) is 0 Å². The van der Waals surface area contributed by atoms with Gasteiger partial charge in [0.1, 0.15) is 17.4 Å². The normalized spacial score (nSPS) is 21.1. The van der Waals surface area contributed by atoms with Crippen LogP contribution in [0, 0.1) is 11.6 Å². The Balaban J connectivity index is 1.14. The molecule has 3 aromatic rings. The first-order valence-electron chi connectivity index (χ1n) is 14.8. The third-order valence-corrected chi connectivity index (χ3v) is 11.2. The smallest absolute Gasteiger partial charge is 0.255 e. The fourth-order valence-corrected chi connectivity index (χ4v) is 8.30. The van der Waals surface area contributed by atoms with Gasteiger partial charge in [-0.1, -0.05) is 23.7 Å². The third-order valence-electron chi connectivity index (χ3n) is 8.96. The largest absolute Gasteiger partial charge is 0.495 e. The van der Waals surface area contributed by atoms with Crippen LogP contribution in [-0.4, -0.2) is 93.4 Å². The van der Waals surface area contributed by atoms with Crippen LogP contribution in [0.1, 0.15) is 28.8 Å². The molecule has 1 amide bonds. The number of amides is 1. The Morgan fingerprint density at radius 2 is 1.57 bits per heavy atom. The summed E-state index contributed by atoms with van der Waals surface area (Å²) in [5.74, 6) is -0.423. The first-order valence-corrected chi connectivity index (χ1v) is 16.6. The van der Waals surface area contributed by atoms with Crippen LogP contribution >= 0.6 is 11.6 Å². The lowest BCUT2D eigenvalue weighted by atomic mass is 10.1. The van der Waals surface area contributed by atoms with Crippen LogP contribution in [0.15, 0.2) is 65.6 Å². The van der Waals surface area contributed by atoms with Crippen molar-refractivity contribution in [1.82, 2.24) is 14.1 Å². The Hall–Kier alpha value is -3.25. The summed E-state index contributed by atoms with van der Waals surface area (Å²) in [6.45, 7) is 3.63. The predicted octanol–water partition coefficient (Wildman–Crippen LogP) is 4.67. The number of fused-ring (bicyclic) bond motifs is 2. The topological polar surface area (TPSA) is 73.4 Å².